The first-order chi connectivity index (χ1) is 8.17. The molecule has 92 valence electrons. The van der Waals surface area contributed by atoms with Crippen molar-refractivity contribution >= 4 is 12.3 Å². The Bertz CT molecular complexity index is 400. The van der Waals surface area contributed by atoms with E-state index in [9.17, 15) is 9.59 Å². The van der Waals surface area contributed by atoms with Gasteiger partial charge < -0.3 is 14.2 Å². The van der Waals surface area contributed by atoms with Gasteiger partial charge in [-0.2, -0.15) is 0 Å². The summed E-state index contributed by atoms with van der Waals surface area (Å²) in [4.78, 5) is 21.1. The molecule has 0 fully saturated rings. The molecule has 17 heavy (non-hydrogen) atoms. The summed E-state index contributed by atoms with van der Waals surface area (Å²) in [6, 6.07) is 4.83. The standard InChI is InChI=1S/C12H14O5/c1-9(14)16-5-6-17-11-4-3-10(8-13)7-12(11)15-2/h3-4,7-8H,5-6H2,1-2H3. The van der Waals surface area contributed by atoms with E-state index in [1.165, 1.54) is 14.0 Å². The lowest BCUT2D eigenvalue weighted by molar-refractivity contribution is -0.141. The van der Waals surface area contributed by atoms with Gasteiger partial charge in [0.25, 0.3) is 0 Å². The summed E-state index contributed by atoms with van der Waals surface area (Å²) < 4.78 is 15.2. The van der Waals surface area contributed by atoms with E-state index < -0.39 is 0 Å². The van der Waals surface area contributed by atoms with Gasteiger partial charge in [0.1, 0.15) is 19.5 Å². The lowest BCUT2D eigenvalue weighted by Crippen LogP contribution is -2.10. The van der Waals surface area contributed by atoms with E-state index in [2.05, 4.69) is 0 Å². The summed E-state index contributed by atoms with van der Waals surface area (Å²) >= 11 is 0. The van der Waals surface area contributed by atoms with E-state index >= 15 is 0 Å². The molecule has 0 aromatic heterocycles. The van der Waals surface area contributed by atoms with Crippen molar-refractivity contribution in [2.45, 2.75) is 6.92 Å². The van der Waals surface area contributed by atoms with Gasteiger partial charge in [0, 0.05) is 12.5 Å². The van der Waals surface area contributed by atoms with Gasteiger partial charge in [0.15, 0.2) is 11.5 Å². The molecule has 0 unspecified atom stereocenters. The summed E-state index contributed by atoms with van der Waals surface area (Å²) in [5.41, 5.74) is 0.509. The van der Waals surface area contributed by atoms with Crippen molar-refractivity contribution in [2.75, 3.05) is 20.3 Å². The molecule has 5 heteroatoms. The fourth-order valence-electron chi connectivity index (χ4n) is 1.21. The minimum atomic E-state index is -0.350. The van der Waals surface area contributed by atoms with Crippen molar-refractivity contribution in [3.8, 4) is 11.5 Å². The molecule has 1 aromatic rings. The summed E-state index contributed by atoms with van der Waals surface area (Å²) in [6.07, 6.45) is 0.727. The van der Waals surface area contributed by atoms with Gasteiger partial charge >= 0.3 is 5.97 Å². The molecule has 0 heterocycles. The predicted octanol–water partition coefficient (Wildman–Crippen LogP) is 1.45. The first-order valence-electron chi connectivity index (χ1n) is 5.06. The van der Waals surface area contributed by atoms with E-state index in [4.69, 9.17) is 14.2 Å². The van der Waals surface area contributed by atoms with E-state index in [1.54, 1.807) is 18.2 Å². The monoisotopic (exact) mass is 238 g/mol. The molecule has 0 spiro atoms. The predicted molar refractivity (Wildman–Crippen MR) is 60.5 cm³/mol. The Morgan fingerprint density at radius 3 is 2.65 bits per heavy atom. The maximum absolute atomic E-state index is 10.6. The van der Waals surface area contributed by atoms with Crippen LogP contribution in [0.25, 0.3) is 0 Å². The number of benzene rings is 1. The highest BCUT2D eigenvalue weighted by atomic mass is 16.6. The topological polar surface area (TPSA) is 61.8 Å². The summed E-state index contributed by atoms with van der Waals surface area (Å²) in [5, 5.41) is 0. The highest BCUT2D eigenvalue weighted by Gasteiger charge is 2.05. The maximum atomic E-state index is 10.6. The Labute approximate surface area is 99.3 Å². The number of ether oxygens (including phenoxy) is 3. The summed E-state index contributed by atoms with van der Waals surface area (Å²) in [5.74, 6) is 0.625. The largest absolute Gasteiger partial charge is 0.493 e. The van der Waals surface area contributed by atoms with Gasteiger partial charge in [-0.25, -0.2) is 0 Å². The van der Waals surface area contributed by atoms with Crippen LogP contribution in [0.15, 0.2) is 18.2 Å². The van der Waals surface area contributed by atoms with Crippen LogP contribution >= 0.6 is 0 Å². The van der Waals surface area contributed by atoms with Gasteiger partial charge in [-0.1, -0.05) is 0 Å². The molecule has 1 rings (SSSR count). The molecule has 0 aliphatic carbocycles. The molecule has 0 saturated carbocycles. The number of hydrogen-bond donors (Lipinski definition) is 0. The zero-order valence-corrected chi connectivity index (χ0v) is 9.76. The maximum Gasteiger partial charge on any atom is 0.302 e. The van der Waals surface area contributed by atoms with Crippen LogP contribution in [0.3, 0.4) is 0 Å². The lowest BCUT2D eigenvalue weighted by atomic mass is 10.2. The first kappa shape index (κ1) is 13.0. The molecule has 0 N–H and O–H groups in total. The van der Waals surface area contributed by atoms with Crippen LogP contribution in [0.1, 0.15) is 17.3 Å². The van der Waals surface area contributed by atoms with Crippen LogP contribution in [0, 0.1) is 0 Å². The Balaban J connectivity index is 2.58. The number of methoxy groups -OCH3 is 1. The second-order valence-electron chi connectivity index (χ2n) is 3.22. The van der Waals surface area contributed by atoms with Crippen LogP contribution in [0.5, 0.6) is 11.5 Å². The average molecular weight is 238 g/mol. The molecule has 0 amide bonds. The molecule has 0 bridgehead atoms. The van der Waals surface area contributed by atoms with Gasteiger partial charge in [0.05, 0.1) is 7.11 Å². The zero-order valence-electron chi connectivity index (χ0n) is 9.76. The lowest BCUT2D eigenvalue weighted by Gasteiger charge is -2.10. The van der Waals surface area contributed by atoms with Crippen molar-refractivity contribution in [3.63, 3.8) is 0 Å². The van der Waals surface area contributed by atoms with Crippen LogP contribution in [0.4, 0.5) is 0 Å². The van der Waals surface area contributed by atoms with E-state index in [1.807, 2.05) is 0 Å². The molecular formula is C12H14O5. The normalized spacial score (nSPS) is 9.53. The third-order valence-corrected chi connectivity index (χ3v) is 1.97. The van der Waals surface area contributed by atoms with Crippen LogP contribution in [-0.4, -0.2) is 32.6 Å². The molecule has 1 aromatic carbocycles. The second kappa shape index (κ2) is 6.52. The number of carbonyl (C=O) groups is 2. The van der Waals surface area contributed by atoms with Crippen molar-refractivity contribution in [1.29, 1.82) is 0 Å². The Morgan fingerprint density at radius 2 is 2.06 bits per heavy atom. The fourth-order valence-corrected chi connectivity index (χ4v) is 1.21. The van der Waals surface area contributed by atoms with Crippen molar-refractivity contribution < 1.29 is 23.8 Å². The fraction of sp³-hybridized carbons (Fsp3) is 0.333. The Morgan fingerprint density at radius 1 is 1.29 bits per heavy atom. The molecule has 0 atom stereocenters. The highest BCUT2D eigenvalue weighted by Crippen LogP contribution is 2.27. The SMILES string of the molecule is COc1cc(C=O)ccc1OCCOC(C)=O. The smallest absolute Gasteiger partial charge is 0.302 e. The van der Waals surface area contributed by atoms with E-state index in [-0.39, 0.29) is 19.2 Å². The number of carbonyl (C=O) groups excluding carboxylic acids is 2. The van der Waals surface area contributed by atoms with Crippen molar-refractivity contribution in [3.05, 3.63) is 23.8 Å². The number of aldehydes is 1. The Kier molecular flexibility index (Phi) is 5.00. The van der Waals surface area contributed by atoms with E-state index in [0.29, 0.717) is 17.1 Å². The van der Waals surface area contributed by atoms with Crippen molar-refractivity contribution in [1.82, 2.24) is 0 Å². The van der Waals surface area contributed by atoms with E-state index in [0.717, 1.165) is 6.29 Å². The Hall–Kier alpha value is -2.04. The third-order valence-electron chi connectivity index (χ3n) is 1.97. The summed E-state index contributed by atoms with van der Waals surface area (Å²) in [6.45, 7) is 1.74. The third kappa shape index (κ3) is 4.14. The molecule has 0 aliphatic heterocycles. The van der Waals surface area contributed by atoms with Crippen LogP contribution in [-0.2, 0) is 9.53 Å². The minimum Gasteiger partial charge on any atom is -0.493 e. The summed E-state index contributed by atoms with van der Waals surface area (Å²) in [7, 11) is 1.49. The van der Waals surface area contributed by atoms with Gasteiger partial charge in [-0.15, -0.1) is 0 Å². The first-order valence-corrected chi connectivity index (χ1v) is 5.06. The minimum absolute atomic E-state index is 0.175. The number of esters is 1. The zero-order chi connectivity index (χ0) is 12.7. The number of hydrogen-bond acceptors (Lipinski definition) is 5. The van der Waals surface area contributed by atoms with Crippen LogP contribution < -0.4 is 9.47 Å². The molecule has 0 aliphatic rings. The molecule has 0 saturated heterocycles. The second-order valence-corrected chi connectivity index (χ2v) is 3.22. The molecular weight excluding hydrogens is 224 g/mol. The molecule has 0 radical (unpaired) electrons. The van der Waals surface area contributed by atoms with Crippen molar-refractivity contribution in [2.24, 2.45) is 0 Å². The average Bonchev–Trinajstić information content (AvgIpc) is 2.34. The van der Waals surface area contributed by atoms with Crippen LogP contribution in [0.2, 0.25) is 0 Å². The number of rotatable bonds is 6. The van der Waals surface area contributed by atoms with Gasteiger partial charge in [-0.05, 0) is 18.2 Å². The van der Waals surface area contributed by atoms with Gasteiger partial charge in [-0.3, -0.25) is 9.59 Å². The molecule has 5 nitrogen and oxygen atoms in total. The highest BCUT2D eigenvalue weighted by molar-refractivity contribution is 5.76. The quantitative estimate of drug-likeness (QED) is 0.426. The van der Waals surface area contributed by atoms with Gasteiger partial charge in [0.2, 0.25) is 0 Å².